The molecule has 0 spiro atoms. The first-order chi connectivity index (χ1) is 20.0. The highest BCUT2D eigenvalue weighted by molar-refractivity contribution is 6.28. The molecule has 1 unspecified atom stereocenters. The first kappa shape index (κ1) is 33.0. The topological polar surface area (TPSA) is 191 Å². The number of nitrogens with zero attached hydrogens (tertiary/aromatic N) is 1. The Morgan fingerprint density at radius 3 is 2.48 bits per heavy atom. The molecule has 0 aliphatic carbocycles. The molecule has 2 aliphatic heterocycles. The van der Waals surface area contributed by atoms with Crippen molar-refractivity contribution in [2.45, 2.75) is 44.4 Å². The van der Waals surface area contributed by atoms with Crippen molar-refractivity contribution in [2.24, 2.45) is 0 Å². The number of amides is 2. The summed E-state index contributed by atoms with van der Waals surface area (Å²) in [6.07, 6.45) is -2.96. The standard InChI is InChI=1S/C27H39N3O12/c1-27(2)40-17-21(42-27)16-39-24(34)22(41-25(35)23(32)33)13-18-3-5-20(6-4-18)38-15-19(31)14-28-7-8-29-26(36)30-9-11-37-12-10-30/h3-6,19,21-22,28,31H,7-17H2,1-2H3,(H,29,36)(H,32,33)/t19-,21-,22?/m0/s1. The molecule has 2 fully saturated rings. The average Bonchev–Trinajstić information content (AvgIpc) is 3.33. The van der Waals surface area contributed by atoms with Crippen LogP contribution in [0.1, 0.15) is 19.4 Å². The molecular weight excluding hydrogens is 558 g/mol. The van der Waals surface area contributed by atoms with E-state index in [4.69, 9.17) is 33.5 Å². The summed E-state index contributed by atoms with van der Waals surface area (Å²) in [5, 5.41) is 24.9. The normalized spacial score (nSPS) is 19.4. The van der Waals surface area contributed by atoms with Gasteiger partial charge in [-0.1, -0.05) is 12.1 Å². The van der Waals surface area contributed by atoms with Gasteiger partial charge in [0.25, 0.3) is 0 Å². The van der Waals surface area contributed by atoms with Crippen molar-refractivity contribution in [3.63, 3.8) is 0 Å². The monoisotopic (exact) mass is 597 g/mol. The van der Waals surface area contributed by atoms with Crippen molar-refractivity contribution < 1.29 is 57.8 Å². The van der Waals surface area contributed by atoms with Crippen molar-refractivity contribution in [1.82, 2.24) is 15.5 Å². The molecule has 3 atom stereocenters. The number of aliphatic hydroxyl groups excluding tert-OH is 1. The number of nitrogens with one attached hydrogen (secondary N) is 2. The molecule has 15 nitrogen and oxygen atoms in total. The summed E-state index contributed by atoms with van der Waals surface area (Å²) >= 11 is 0. The summed E-state index contributed by atoms with van der Waals surface area (Å²) in [6, 6.07) is 6.28. The van der Waals surface area contributed by atoms with Gasteiger partial charge in [0.15, 0.2) is 5.79 Å². The third kappa shape index (κ3) is 11.4. The molecule has 2 saturated heterocycles. The van der Waals surface area contributed by atoms with Gasteiger partial charge in [0.05, 0.1) is 19.8 Å². The number of hydrogen-bond acceptors (Lipinski definition) is 12. The molecule has 0 radical (unpaired) electrons. The fourth-order valence-electron chi connectivity index (χ4n) is 4.06. The van der Waals surface area contributed by atoms with Gasteiger partial charge in [-0.15, -0.1) is 0 Å². The van der Waals surface area contributed by atoms with Gasteiger partial charge in [0, 0.05) is 39.1 Å². The molecular formula is C27H39N3O12. The van der Waals surface area contributed by atoms with Crippen LogP contribution in [0.3, 0.4) is 0 Å². The van der Waals surface area contributed by atoms with E-state index in [1.165, 1.54) is 0 Å². The summed E-state index contributed by atoms with van der Waals surface area (Å²) < 4.78 is 31.9. The van der Waals surface area contributed by atoms with E-state index < -0.39 is 42.0 Å². The Kier molecular flexibility index (Phi) is 12.7. The van der Waals surface area contributed by atoms with Crippen LogP contribution in [0.4, 0.5) is 4.79 Å². The van der Waals surface area contributed by atoms with E-state index in [0.717, 1.165) is 0 Å². The summed E-state index contributed by atoms with van der Waals surface area (Å²) in [6.45, 7) is 6.80. The van der Waals surface area contributed by atoms with Crippen LogP contribution in [0.15, 0.2) is 24.3 Å². The van der Waals surface area contributed by atoms with Crippen LogP contribution in [-0.2, 0) is 44.5 Å². The second kappa shape index (κ2) is 16.2. The lowest BCUT2D eigenvalue weighted by Crippen LogP contribution is -2.47. The number of carboxylic acids is 1. The van der Waals surface area contributed by atoms with Crippen molar-refractivity contribution in [1.29, 1.82) is 0 Å². The molecule has 234 valence electrons. The van der Waals surface area contributed by atoms with Gasteiger partial charge < -0.3 is 54.2 Å². The third-order valence-corrected chi connectivity index (χ3v) is 6.21. The lowest BCUT2D eigenvalue weighted by molar-refractivity contribution is -0.178. The fourth-order valence-corrected chi connectivity index (χ4v) is 4.06. The number of esters is 2. The fraction of sp³-hybridized carbons (Fsp3) is 0.630. The Hall–Kier alpha value is -3.50. The molecule has 42 heavy (non-hydrogen) atoms. The number of rotatable bonds is 14. The van der Waals surface area contributed by atoms with Crippen molar-refractivity contribution in [3.8, 4) is 5.75 Å². The SMILES string of the molecule is CC1(C)OC[C@H](COC(=O)C(Cc2ccc(OC[C@@H](O)CNCCNC(=O)N3CCOCC3)cc2)OC(=O)C(=O)O)O1. The van der Waals surface area contributed by atoms with Crippen molar-refractivity contribution in [2.75, 3.05) is 65.8 Å². The number of ether oxygens (including phenoxy) is 6. The largest absolute Gasteiger partial charge is 0.491 e. The van der Waals surface area contributed by atoms with Gasteiger partial charge in [-0.2, -0.15) is 0 Å². The first-order valence-electron chi connectivity index (χ1n) is 13.7. The van der Waals surface area contributed by atoms with Crippen LogP contribution >= 0.6 is 0 Å². The molecule has 0 aromatic heterocycles. The Morgan fingerprint density at radius 1 is 1.12 bits per heavy atom. The summed E-state index contributed by atoms with van der Waals surface area (Å²) in [5.74, 6) is -4.71. The number of carboxylic acid groups (broad SMARTS) is 1. The molecule has 0 saturated carbocycles. The highest BCUT2D eigenvalue weighted by Gasteiger charge is 2.35. The van der Waals surface area contributed by atoms with E-state index in [2.05, 4.69) is 10.6 Å². The molecule has 3 rings (SSSR count). The van der Waals surface area contributed by atoms with Gasteiger partial charge in [0.2, 0.25) is 6.10 Å². The minimum atomic E-state index is -1.84. The Balaban J connectivity index is 1.38. The summed E-state index contributed by atoms with van der Waals surface area (Å²) in [7, 11) is 0. The van der Waals surface area contributed by atoms with E-state index in [1.807, 2.05) is 0 Å². The lowest BCUT2D eigenvalue weighted by atomic mass is 10.1. The van der Waals surface area contributed by atoms with Gasteiger partial charge >= 0.3 is 23.9 Å². The molecule has 4 N–H and O–H groups in total. The molecule has 2 amide bonds. The molecule has 0 bridgehead atoms. The predicted molar refractivity (Wildman–Crippen MR) is 144 cm³/mol. The van der Waals surface area contributed by atoms with E-state index in [9.17, 15) is 24.3 Å². The Bertz CT molecular complexity index is 1050. The zero-order chi connectivity index (χ0) is 30.5. The van der Waals surface area contributed by atoms with Gasteiger partial charge in [0.1, 0.15) is 31.2 Å². The van der Waals surface area contributed by atoms with Gasteiger partial charge in [-0.25, -0.2) is 19.2 Å². The second-order valence-corrected chi connectivity index (χ2v) is 10.1. The molecule has 1 aromatic rings. The number of aliphatic hydroxyl groups is 1. The molecule has 15 heteroatoms. The van der Waals surface area contributed by atoms with Crippen molar-refractivity contribution in [3.05, 3.63) is 29.8 Å². The number of aliphatic carboxylic acids is 1. The maximum atomic E-state index is 12.6. The minimum Gasteiger partial charge on any atom is -0.491 e. The van der Waals surface area contributed by atoms with Crippen LogP contribution in [0, 0.1) is 0 Å². The number of hydrogen-bond donors (Lipinski definition) is 4. The zero-order valence-corrected chi connectivity index (χ0v) is 23.7. The average molecular weight is 598 g/mol. The zero-order valence-electron chi connectivity index (χ0n) is 23.7. The maximum Gasteiger partial charge on any atom is 0.418 e. The Morgan fingerprint density at radius 2 is 1.83 bits per heavy atom. The van der Waals surface area contributed by atoms with E-state index in [-0.39, 0.29) is 38.8 Å². The quantitative estimate of drug-likeness (QED) is 0.120. The maximum absolute atomic E-state index is 12.6. The van der Waals surface area contributed by atoms with E-state index in [0.29, 0.717) is 50.7 Å². The highest BCUT2D eigenvalue weighted by Crippen LogP contribution is 2.22. The molecule has 2 heterocycles. The summed E-state index contributed by atoms with van der Waals surface area (Å²) in [5.41, 5.74) is 0.547. The third-order valence-electron chi connectivity index (χ3n) is 6.21. The predicted octanol–water partition coefficient (Wildman–Crippen LogP) is -0.709. The minimum absolute atomic E-state index is 0.00141. The number of carbonyl (C=O) groups is 4. The van der Waals surface area contributed by atoms with Crippen LogP contribution < -0.4 is 15.4 Å². The number of morpholine rings is 1. The van der Waals surface area contributed by atoms with Crippen molar-refractivity contribution >= 4 is 23.9 Å². The smallest absolute Gasteiger partial charge is 0.418 e. The van der Waals surface area contributed by atoms with Gasteiger partial charge in [-0.05, 0) is 31.5 Å². The Labute approximate surface area is 243 Å². The van der Waals surface area contributed by atoms with Crippen LogP contribution in [0.2, 0.25) is 0 Å². The number of carbonyl (C=O) groups excluding carboxylic acids is 3. The van der Waals surface area contributed by atoms with Gasteiger partial charge in [-0.3, -0.25) is 0 Å². The lowest BCUT2D eigenvalue weighted by Gasteiger charge is -2.27. The molecule has 1 aromatic carbocycles. The molecule has 2 aliphatic rings. The van der Waals surface area contributed by atoms with Crippen LogP contribution in [0.5, 0.6) is 5.75 Å². The first-order valence-corrected chi connectivity index (χ1v) is 13.7. The number of benzene rings is 1. The highest BCUT2D eigenvalue weighted by atomic mass is 16.7. The number of urea groups is 1. The second-order valence-electron chi connectivity index (χ2n) is 10.1. The van der Waals surface area contributed by atoms with Crippen LogP contribution in [-0.4, -0.2) is 129 Å². The van der Waals surface area contributed by atoms with Crippen LogP contribution in [0.25, 0.3) is 0 Å². The summed E-state index contributed by atoms with van der Waals surface area (Å²) in [4.78, 5) is 49.0. The van der Waals surface area contributed by atoms with E-state index in [1.54, 1.807) is 43.0 Å². The van der Waals surface area contributed by atoms with E-state index >= 15 is 0 Å².